The van der Waals surface area contributed by atoms with Gasteiger partial charge < -0.3 is 5.32 Å². The van der Waals surface area contributed by atoms with Gasteiger partial charge >= 0.3 is 0 Å². The first kappa shape index (κ1) is 14.0. The van der Waals surface area contributed by atoms with E-state index in [0.29, 0.717) is 6.54 Å². The lowest BCUT2D eigenvalue weighted by Crippen LogP contribution is -2.17. The van der Waals surface area contributed by atoms with Crippen molar-refractivity contribution >= 4 is 11.8 Å². The molecule has 2 aromatic rings. The number of pyridine rings is 1. The van der Waals surface area contributed by atoms with E-state index in [4.69, 9.17) is 0 Å². The summed E-state index contributed by atoms with van der Waals surface area (Å²) in [6.45, 7) is 1.49. The lowest BCUT2D eigenvalue weighted by atomic mass is 10.3. The highest BCUT2D eigenvalue weighted by molar-refractivity contribution is 7.99. The molecule has 5 heteroatoms. The molecule has 0 aliphatic carbocycles. The molecule has 0 aliphatic rings. The van der Waals surface area contributed by atoms with E-state index in [2.05, 4.69) is 10.3 Å². The fourth-order valence-corrected chi connectivity index (χ4v) is 2.36. The minimum Gasteiger partial charge on any atom is -0.310 e. The highest BCUT2D eigenvalue weighted by Gasteiger charge is 2.02. The summed E-state index contributed by atoms with van der Waals surface area (Å²) in [6, 6.07) is 9.73. The summed E-state index contributed by atoms with van der Waals surface area (Å²) in [5.41, 5.74) is 0.986. The Morgan fingerprint density at radius 3 is 2.74 bits per heavy atom. The van der Waals surface area contributed by atoms with Crippen LogP contribution >= 0.6 is 11.8 Å². The van der Waals surface area contributed by atoms with E-state index in [1.807, 2.05) is 18.2 Å². The van der Waals surface area contributed by atoms with Gasteiger partial charge in [-0.25, -0.2) is 8.78 Å². The van der Waals surface area contributed by atoms with Crippen LogP contribution in [0.3, 0.4) is 0 Å². The van der Waals surface area contributed by atoms with E-state index in [0.717, 1.165) is 29.0 Å². The van der Waals surface area contributed by atoms with Gasteiger partial charge in [-0.15, -0.1) is 11.8 Å². The summed E-state index contributed by atoms with van der Waals surface area (Å²) in [4.78, 5) is 4.93. The van der Waals surface area contributed by atoms with E-state index < -0.39 is 11.6 Å². The maximum absolute atomic E-state index is 13.0. The molecule has 0 aliphatic heterocycles. The highest BCUT2D eigenvalue weighted by atomic mass is 32.2. The second-order valence-corrected chi connectivity index (χ2v) is 5.09. The third-order valence-corrected chi connectivity index (χ3v) is 3.47. The smallest absolute Gasteiger partial charge is 0.159 e. The molecule has 0 spiro atoms. The second-order valence-electron chi connectivity index (χ2n) is 3.92. The molecular weight excluding hydrogens is 266 g/mol. The van der Waals surface area contributed by atoms with E-state index in [-0.39, 0.29) is 0 Å². The van der Waals surface area contributed by atoms with Crippen molar-refractivity contribution in [2.45, 2.75) is 11.4 Å². The maximum Gasteiger partial charge on any atom is 0.159 e. The summed E-state index contributed by atoms with van der Waals surface area (Å²) >= 11 is 1.49. The van der Waals surface area contributed by atoms with Crippen LogP contribution in [-0.2, 0) is 6.54 Å². The van der Waals surface area contributed by atoms with Gasteiger partial charge in [0.1, 0.15) is 0 Å². The van der Waals surface area contributed by atoms with Gasteiger partial charge in [0.05, 0.1) is 5.69 Å². The summed E-state index contributed by atoms with van der Waals surface area (Å²) in [5.74, 6) is -0.818. The van der Waals surface area contributed by atoms with Gasteiger partial charge in [0.25, 0.3) is 0 Å². The van der Waals surface area contributed by atoms with Crippen molar-refractivity contribution in [3.05, 3.63) is 59.9 Å². The Morgan fingerprint density at radius 2 is 2.00 bits per heavy atom. The van der Waals surface area contributed by atoms with Crippen LogP contribution in [0.4, 0.5) is 8.78 Å². The molecule has 0 saturated carbocycles. The molecule has 0 radical (unpaired) electrons. The number of rotatable bonds is 6. The van der Waals surface area contributed by atoms with Crippen LogP contribution in [0.25, 0.3) is 0 Å². The predicted octanol–water partition coefficient (Wildman–Crippen LogP) is 3.24. The molecule has 0 atom stereocenters. The molecular formula is C14H14F2N2S. The van der Waals surface area contributed by atoms with Crippen LogP contribution in [-0.4, -0.2) is 17.3 Å². The molecule has 1 heterocycles. The Hall–Kier alpha value is -1.46. The summed E-state index contributed by atoms with van der Waals surface area (Å²) in [7, 11) is 0. The molecule has 0 amide bonds. The zero-order valence-corrected chi connectivity index (χ0v) is 11.1. The standard InChI is InChI=1S/C14H14F2N2S/c15-13-5-4-12(9-14(13)16)19-8-7-17-10-11-3-1-2-6-18-11/h1-6,9,17H,7-8,10H2. The zero-order valence-electron chi connectivity index (χ0n) is 10.3. The SMILES string of the molecule is Fc1ccc(SCCNCc2ccccn2)cc1F. The first-order chi connectivity index (χ1) is 9.25. The van der Waals surface area contributed by atoms with Crippen LogP contribution < -0.4 is 5.32 Å². The van der Waals surface area contributed by atoms with Crippen LogP contribution in [0.1, 0.15) is 5.69 Å². The van der Waals surface area contributed by atoms with E-state index in [1.54, 1.807) is 12.3 Å². The molecule has 2 nitrogen and oxygen atoms in total. The molecule has 19 heavy (non-hydrogen) atoms. The molecule has 1 N–H and O–H groups in total. The zero-order chi connectivity index (χ0) is 13.5. The van der Waals surface area contributed by atoms with Gasteiger partial charge in [0, 0.05) is 29.9 Å². The summed E-state index contributed by atoms with van der Waals surface area (Å²) < 4.78 is 25.7. The van der Waals surface area contributed by atoms with Gasteiger partial charge in [-0.1, -0.05) is 6.07 Å². The summed E-state index contributed by atoms with van der Waals surface area (Å²) in [6.07, 6.45) is 1.76. The van der Waals surface area contributed by atoms with Crippen LogP contribution in [0.5, 0.6) is 0 Å². The third kappa shape index (κ3) is 4.61. The molecule has 0 unspecified atom stereocenters. The monoisotopic (exact) mass is 280 g/mol. The topological polar surface area (TPSA) is 24.9 Å². The van der Waals surface area contributed by atoms with Crippen molar-refractivity contribution < 1.29 is 8.78 Å². The number of hydrogen-bond acceptors (Lipinski definition) is 3. The number of benzene rings is 1. The number of hydrogen-bond donors (Lipinski definition) is 1. The van der Waals surface area contributed by atoms with Gasteiger partial charge in [-0.3, -0.25) is 4.98 Å². The Bertz CT molecular complexity index is 520. The van der Waals surface area contributed by atoms with Crippen molar-refractivity contribution in [3.63, 3.8) is 0 Å². The molecule has 0 fully saturated rings. The highest BCUT2D eigenvalue weighted by Crippen LogP contribution is 2.19. The van der Waals surface area contributed by atoms with E-state index >= 15 is 0 Å². The van der Waals surface area contributed by atoms with Crippen LogP contribution in [0, 0.1) is 11.6 Å². The van der Waals surface area contributed by atoms with E-state index in [9.17, 15) is 8.78 Å². The van der Waals surface area contributed by atoms with Crippen molar-refractivity contribution in [2.24, 2.45) is 0 Å². The average molecular weight is 280 g/mol. The average Bonchev–Trinajstić information content (AvgIpc) is 2.43. The molecule has 1 aromatic carbocycles. The summed E-state index contributed by atoms with van der Waals surface area (Å²) in [5, 5.41) is 3.25. The number of nitrogens with zero attached hydrogens (tertiary/aromatic N) is 1. The van der Waals surface area contributed by atoms with Crippen molar-refractivity contribution in [1.29, 1.82) is 0 Å². The number of nitrogens with one attached hydrogen (secondary N) is 1. The Labute approximate surface area is 115 Å². The molecule has 100 valence electrons. The molecule has 2 rings (SSSR count). The fraction of sp³-hybridized carbons (Fsp3) is 0.214. The fourth-order valence-electron chi connectivity index (χ4n) is 1.53. The van der Waals surface area contributed by atoms with Crippen molar-refractivity contribution in [3.8, 4) is 0 Å². The first-order valence-corrected chi connectivity index (χ1v) is 6.93. The minimum atomic E-state index is -0.808. The predicted molar refractivity (Wildman–Crippen MR) is 73.0 cm³/mol. The Morgan fingerprint density at radius 1 is 1.11 bits per heavy atom. The normalized spacial score (nSPS) is 10.6. The van der Waals surface area contributed by atoms with Gasteiger partial charge in [0.2, 0.25) is 0 Å². The van der Waals surface area contributed by atoms with E-state index in [1.165, 1.54) is 17.8 Å². The van der Waals surface area contributed by atoms with Crippen molar-refractivity contribution in [2.75, 3.05) is 12.3 Å². The molecule has 1 aromatic heterocycles. The Kier molecular flexibility index (Phi) is 5.30. The van der Waals surface area contributed by atoms with Gasteiger partial charge in [-0.2, -0.15) is 0 Å². The Balaban J connectivity index is 1.68. The van der Waals surface area contributed by atoms with Crippen molar-refractivity contribution in [1.82, 2.24) is 10.3 Å². The first-order valence-electron chi connectivity index (χ1n) is 5.94. The number of thioether (sulfide) groups is 1. The number of aromatic nitrogens is 1. The lowest BCUT2D eigenvalue weighted by Gasteiger charge is -2.04. The largest absolute Gasteiger partial charge is 0.310 e. The molecule has 0 bridgehead atoms. The van der Waals surface area contributed by atoms with Crippen LogP contribution in [0.15, 0.2) is 47.5 Å². The number of halogens is 2. The lowest BCUT2D eigenvalue weighted by molar-refractivity contribution is 0.506. The third-order valence-electron chi connectivity index (χ3n) is 2.47. The molecule has 0 saturated heterocycles. The van der Waals surface area contributed by atoms with Gasteiger partial charge in [-0.05, 0) is 30.3 Å². The quantitative estimate of drug-likeness (QED) is 0.649. The minimum absolute atomic E-state index is 0.708. The van der Waals surface area contributed by atoms with Crippen LogP contribution in [0.2, 0.25) is 0 Å². The maximum atomic E-state index is 13.0. The van der Waals surface area contributed by atoms with Gasteiger partial charge in [0.15, 0.2) is 11.6 Å². The second kappa shape index (κ2) is 7.21.